The van der Waals surface area contributed by atoms with Crippen LogP contribution in [0.1, 0.15) is 65.2 Å². The first-order valence-electron chi connectivity index (χ1n) is 10.5. The molecule has 4 fully saturated rings. The maximum absolute atomic E-state index is 12.5. The molecule has 0 aliphatic heterocycles. The fourth-order valence-corrected chi connectivity index (χ4v) is 7.15. The minimum absolute atomic E-state index is 0. The minimum atomic E-state index is -0.292. The molecule has 0 amide bonds. The van der Waals surface area contributed by atoms with E-state index in [1.807, 2.05) is 0 Å². The van der Waals surface area contributed by atoms with Crippen molar-refractivity contribution >= 4 is 23.9 Å². The minimum Gasteiger partial charge on any atom is -0.395 e. The topological polar surface area (TPSA) is 84.9 Å². The Bertz CT molecular complexity index is 612. The Balaban J connectivity index is 0.00000210. The number of halogens is 1. The summed E-state index contributed by atoms with van der Waals surface area (Å²) in [5.74, 6) is 2.34. The molecule has 27 heavy (non-hydrogen) atoms. The van der Waals surface area contributed by atoms with E-state index in [2.05, 4.69) is 19.0 Å². The fraction of sp³-hybridized carbons (Fsp3) is 0.905. The second-order valence-electron chi connectivity index (χ2n) is 9.69. The third-order valence-corrected chi connectivity index (χ3v) is 8.63. The Hall–Kier alpha value is -0.650. The Morgan fingerprint density at radius 2 is 1.96 bits per heavy atom. The zero-order valence-corrected chi connectivity index (χ0v) is 17.5. The van der Waals surface area contributed by atoms with E-state index in [0.29, 0.717) is 36.7 Å². The van der Waals surface area contributed by atoms with Gasteiger partial charge in [0.2, 0.25) is 0 Å². The summed E-state index contributed by atoms with van der Waals surface area (Å²) >= 11 is 0. The number of hydrogen-bond donors (Lipinski definition) is 2. The van der Waals surface area contributed by atoms with Crippen LogP contribution in [0, 0.1) is 34.5 Å². The first-order valence-corrected chi connectivity index (χ1v) is 10.5. The van der Waals surface area contributed by atoms with Crippen LogP contribution in [0.5, 0.6) is 0 Å². The molecule has 154 valence electrons. The van der Waals surface area contributed by atoms with Gasteiger partial charge in [0.15, 0.2) is 0 Å². The van der Waals surface area contributed by atoms with Crippen LogP contribution >= 0.6 is 12.4 Å². The highest BCUT2D eigenvalue weighted by Crippen LogP contribution is 2.65. The highest BCUT2D eigenvalue weighted by atomic mass is 35.5. The molecule has 0 aromatic carbocycles. The number of carbonyl (C=O) groups is 1. The maximum Gasteiger partial charge on any atom is 0.139 e. The summed E-state index contributed by atoms with van der Waals surface area (Å²) in [6.45, 7) is 5.52. The summed E-state index contributed by atoms with van der Waals surface area (Å²) in [7, 11) is 0. The number of nitrogens with two attached hydrogens (primary N) is 1. The molecule has 0 radical (unpaired) electrons. The molecule has 0 aromatic rings. The van der Waals surface area contributed by atoms with Gasteiger partial charge in [0, 0.05) is 18.4 Å². The fourth-order valence-electron chi connectivity index (χ4n) is 7.15. The van der Waals surface area contributed by atoms with Crippen LogP contribution in [0.25, 0.3) is 0 Å². The number of rotatable bonds is 3. The molecule has 4 aliphatic rings. The van der Waals surface area contributed by atoms with Gasteiger partial charge in [-0.25, -0.2) is 0 Å². The third kappa shape index (κ3) is 3.24. The van der Waals surface area contributed by atoms with Crippen molar-refractivity contribution < 1.29 is 14.7 Å². The zero-order chi connectivity index (χ0) is 18.5. The highest BCUT2D eigenvalue weighted by molar-refractivity contribution is 5.87. The van der Waals surface area contributed by atoms with Gasteiger partial charge < -0.3 is 15.7 Å². The van der Waals surface area contributed by atoms with Crippen molar-refractivity contribution in [1.29, 1.82) is 0 Å². The predicted molar refractivity (Wildman–Crippen MR) is 108 cm³/mol. The summed E-state index contributed by atoms with van der Waals surface area (Å²) in [5.41, 5.74) is 6.58. The van der Waals surface area contributed by atoms with Gasteiger partial charge in [0.25, 0.3) is 0 Å². The smallest absolute Gasteiger partial charge is 0.139 e. The van der Waals surface area contributed by atoms with Gasteiger partial charge in [-0.15, -0.1) is 12.4 Å². The van der Waals surface area contributed by atoms with Crippen molar-refractivity contribution in [3.8, 4) is 0 Å². The van der Waals surface area contributed by atoms with Crippen molar-refractivity contribution in [3.63, 3.8) is 0 Å². The molecule has 6 heteroatoms. The van der Waals surface area contributed by atoms with Crippen molar-refractivity contribution in [2.45, 2.75) is 71.3 Å². The van der Waals surface area contributed by atoms with Crippen molar-refractivity contribution in [1.82, 2.24) is 0 Å². The standard InChI is InChI=1S/C21H34N2O3.ClH/c1-20-7-5-13(23-26-10-9-22)11-17(20)18(24)12-14-15-3-4-19(25)21(15,2)8-6-16(14)20;/h14-18,24H,3-12,22H2,1-2H3;1H/t14-,15-,16-,17?,18+,20+,21-;/m0./s1. The average Bonchev–Trinajstić information content (AvgIpc) is 2.92. The van der Waals surface area contributed by atoms with E-state index < -0.39 is 0 Å². The molecule has 0 heterocycles. The Kier molecular flexibility index (Phi) is 5.96. The molecule has 3 N–H and O–H groups in total. The molecular formula is C21H35ClN2O3. The lowest BCUT2D eigenvalue weighted by Crippen LogP contribution is -2.57. The van der Waals surface area contributed by atoms with E-state index >= 15 is 0 Å². The molecule has 4 saturated carbocycles. The van der Waals surface area contributed by atoms with E-state index in [4.69, 9.17) is 10.6 Å². The van der Waals surface area contributed by atoms with Gasteiger partial charge in [-0.05, 0) is 74.0 Å². The number of oxime groups is 1. The lowest BCUT2D eigenvalue weighted by Gasteiger charge is -2.60. The number of aliphatic hydroxyl groups is 1. The zero-order valence-electron chi connectivity index (χ0n) is 16.7. The molecular weight excluding hydrogens is 364 g/mol. The lowest BCUT2D eigenvalue weighted by molar-refractivity contribution is -0.153. The van der Waals surface area contributed by atoms with Gasteiger partial charge >= 0.3 is 0 Å². The van der Waals surface area contributed by atoms with Crippen molar-refractivity contribution in [3.05, 3.63) is 0 Å². The SMILES string of the molecule is C[C@]12CCC(=NOCCN)CC1[C@H](O)C[C@@H]1[C@@H]2CC[C@]2(C)C(=O)CC[C@@H]12.Cl. The van der Waals surface area contributed by atoms with Gasteiger partial charge in [0.1, 0.15) is 12.4 Å². The summed E-state index contributed by atoms with van der Waals surface area (Å²) in [5, 5.41) is 15.4. The van der Waals surface area contributed by atoms with Gasteiger partial charge in [-0.1, -0.05) is 19.0 Å². The first kappa shape index (κ1) is 21.1. The van der Waals surface area contributed by atoms with E-state index in [1.54, 1.807) is 0 Å². The predicted octanol–water partition coefficient (Wildman–Crippen LogP) is 3.32. The van der Waals surface area contributed by atoms with Crippen LogP contribution in [0.4, 0.5) is 0 Å². The monoisotopic (exact) mass is 398 g/mol. The lowest BCUT2D eigenvalue weighted by atomic mass is 9.44. The number of fused-ring (bicyclic) bond motifs is 5. The molecule has 4 rings (SSSR count). The second-order valence-corrected chi connectivity index (χ2v) is 9.69. The van der Waals surface area contributed by atoms with Crippen molar-refractivity contribution in [2.75, 3.05) is 13.2 Å². The summed E-state index contributed by atoms with van der Waals surface area (Å²) in [6.07, 6.45) is 7.38. The number of carbonyl (C=O) groups excluding carboxylic acids is 1. The molecule has 0 saturated heterocycles. The number of nitrogens with zero attached hydrogens (tertiary/aromatic N) is 1. The Morgan fingerprint density at radius 3 is 2.70 bits per heavy atom. The maximum atomic E-state index is 12.5. The van der Waals surface area contributed by atoms with E-state index in [0.717, 1.165) is 57.1 Å². The molecule has 0 aromatic heterocycles. The molecule has 5 nitrogen and oxygen atoms in total. The number of Topliss-reactive ketones (excluding diaryl/α,β-unsaturated/α-hetero) is 1. The number of aliphatic hydroxyl groups excluding tert-OH is 1. The van der Waals surface area contributed by atoms with Crippen LogP contribution in [0.15, 0.2) is 5.16 Å². The molecule has 0 bridgehead atoms. The van der Waals surface area contributed by atoms with Crippen LogP contribution in [0.3, 0.4) is 0 Å². The quantitative estimate of drug-likeness (QED) is 0.564. The summed E-state index contributed by atoms with van der Waals surface area (Å²) in [6, 6.07) is 0. The van der Waals surface area contributed by atoms with Gasteiger partial charge in [0.05, 0.1) is 11.8 Å². The number of hydrogen-bond acceptors (Lipinski definition) is 5. The summed E-state index contributed by atoms with van der Waals surface area (Å²) < 4.78 is 0. The summed E-state index contributed by atoms with van der Waals surface area (Å²) in [4.78, 5) is 17.8. The van der Waals surface area contributed by atoms with Crippen molar-refractivity contribution in [2.24, 2.45) is 45.4 Å². The molecule has 7 atom stereocenters. The number of ketones is 1. The van der Waals surface area contributed by atoms with E-state index in [1.165, 1.54) is 0 Å². The van der Waals surface area contributed by atoms with Crippen LogP contribution in [0.2, 0.25) is 0 Å². The average molecular weight is 399 g/mol. The Labute approximate surface area is 168 Å². The normalized spacial score (nSPS) is 47.6. The largest absolute Gasteiger partial charge is 0.395 e. The van der Waals surface area contributed by atoms with E-state index in [9.17, 15) is 9.90 Å². The first-order chi connectivity index (χ1) is 12.4. The molecule has 4 aliphatic carbocycles. The van der Waals surface area contributed by atoms with Crippen LogP contribution in [-0.2, 0) is 9.63 Å². The highest BCUT2D eigenvalue weighted by Gasteiger charge is 2.61. The third-order valence-electron chi connectivity index (χ3n) is 8.63. The molecule has 0 spiro atoms. The van der Waals surface area contributed by atoms with Crippen LogP contribution in [-0.4, -0.2) is 35.9 Å². The Morgan fingerprint density at radius 1 is 1.19 bits per heavy atom. The van der Waals surface area contributed by atoms with Crippen LogP contribution < -0.4 is 5.73 Å². The molecule has 1 unspecified atom stereocenters. The van der Waals surface area contributed by atoms with E-state index in [-0.39, 0.29) is 35.3 Å². The second kappa shape index (κ2) is 7.64. The van der Waals surface area contributed by atoms with Gasteiger partial charge in [-0.3, -0.25) is 4.79 Å². The van der Waals surface area contributed by atoms with Gasteiger partial charge in [-0.2, -0.15) is 0 Å².